The molecule has 0 amide bonds. The minimum atomic E-state index is -4.29. The third-order valence-electron chi connectivity index (χ3n) is 7.72. The molecule has 0 aromatic carbocycles. The fraction of sp³-hybridized carbons (Fsp3) is 0.659. The second kappa shape index (κ2) is 36.3. The Kier molecular flexibility index (Phi) is 34.5. The Labute approximate surface area is 304 Å². The normalized spacial score (nSPS) is 14.2. The highest BCUT2D eigenvalue weighted by molar-refractivity contribution is 7.47. The topological polar surface area (TPSA) is 108 Å². The summed E-state index contributed by atoms with van der Waals surface area (Å²) in [6, 6.07) is 0. The molecule has 1 N–H and O–H groups in total. The van der Waals surface area contributed by atoms with Crippen molar-refractivity contribution < 1.29 is 37.6 Å². The molecule has 0 aromatic heterocycles. The van der Waals surface area contributed by atoms with Gasteiger partial charge in [0.1, 0.15) is 6.61 Å². The highest BCUT2D eigenvalue weighted by Crippen LogP contribution is 2.42. The minimum Gasteiger partial charge on any atom is -0.462 e. The lowest BCUT2D eigenvalue weighted by Crippen LogP contribution is -2.29. The maximum atomic E-state index is 12.4. The molecule has 0 heterocycles. The van der Waals surface area contributed by atoms with E-state index in [4.69, 9.17) is 14.0 Å². The third kappa shape index (κ3) is 35.3. The van der Waals surface area contributed by atoms with Crippen molar-refractivity contribution in [2.24, 2.45) is 0 Å². The van der Waals surface area contributed by atoms with Crippen LogP contribution in [0.3, 0.4) is 0 Å². The van der Waals surface area contributed by atoms with E-state index in [1.54, 1.807) is 6.08 Å². The van der Waals surface area contributed by atoms with Gasteiger partial charge in [-0.1, -0.05) is 145 Å². The van der Waals surface area contributed by atoms with Crippen LogP contribution in [0.2, 0.25) is 0 Å². The van der Waals surface area contributed by atoms with Crippen LogP contribution in [0.1, 0.15) is 149 Å². The van der Waals surface area contributed by atoms with E-state index in [0.717, 1.165) is 64.9 Å². The average molecular weight is 721 g/mol. The lowest BCUT2D eigenvalue weighted by Gasteiger charge is -2.19. The SMILES string of the molecule is CC/C=C\C/C=C\C/C=C\C/C=C\C/C=C\CC(=O)OC(COC(=O)CCCCCCC/C=C\CCCCCCCCC)COP(=O)(O)OC. The zero-order chi connectivity index (χ0) is 36.8. The van der Waals surface area contributed by atoms with E-state index in [1.165, 1.54) is 51.4 Å². The van der Waals surface area contributed by atoms with E-state index in [2.05, 4.69) is 73.1 Å². The van der Waals surface area contributed by atoms with Gasteiger partial charge in [-0.25, -0.2) is 4.57 Å². The van der Waals surface area contributed by atoms with E-state index in [0.29, 0.717) is 12.8 Å². The standard InChI is InChI=1S/C41H69O8P/c1-4-6-8-10-12-14-16-18-20-22-23-25-27-29-31-33-35-40(42)47-37-39(38-48-50(44,45)46-3)49-41(43)36-34-32-30-28-26-24-21-19-17-15-13-11-9-7-5-2/h7,9,13,15,19-22,26,28,32,34,39H,4-6,8,10-12,14,16-18,23-25,27,29-31,33,35-38H2,1-3H3,(H,44,45)/b9-7-,15-13-,21-19-,22-20-,28-26-,34-32-. The van der Waals surface area contributed by atoms with E-state index in [1.807, 2.05) is 12.2 Å². The summed E-state index contributed by atoms with van der Waals surface area (Å²) in [6.07, 6.45) is 45.5. The second-order valence-electron chi connectivity index (χ2n) is 12.3. The number of unbranched alkanes of at least 4 members (excludes halogenated alkanes) is 12. The maximum absolute atomic E-state index is 12.4. The molecule has 0 fully saturated rings. The highest BCUT2D eigenvalue weighted by Gasteiger charge is 2.24. The predicted molar refractivity (Wildman–Crippen MR) is 207 cm³/mol. The molecule has 0 aliphatic carbocycles. The van der Waals surface area contributed by atoms with Crippen LogP contribution >= 0.6 is 7.82 Å². The Balaban J connectivity index is 4.21. The van der Waals surface area contributed by atoms with Crippen molar-refractivity contribution in [1.29, 1.82) is 0 Å². The first-order valence-electron chi connectivity index (χ1n) is 19.1. The molecule has 0 saturated carbocycles. The molecule has 8 nitrogen and oxygen atoms in total. The smallest absolute Gasteiger partial charge is 0.462 e. The Bertz CT molecular complexity index is 1040. The van der Waals surface area contributed by atoms with Crippen molar-refractivity contribution in [2.75, 3.05) is 20.3 Å². The first kappa shape index (κ1) is 47.5. The molecule has 0 bridgehead atoms. The molecule has 0 saturated heterocycles. The molecular weight excluding hydrogens is 651 g/mol. The average Bonchev–Trinajstić information content (AvgIpc) is 3.10. The number of phosphoric acid groups is 1. The number of rotatable bonds is 34. The van der Waals surface area contributed by atoms with Crippen LogP contribution in [0.15, 0.2) is 72.9 Å². The van der Waals surface area contributed by atoms with Gasteiger partial charge in [0.25, 0.3) is 0 Å². The first-order valence-corrected chi connectivity index (χ1v) is 20.6. The molecular formula is C41H69O8P. The first-order chi connectivity index (χ1) is 24.3. The maximum Gasteiger partial charge on any atom is 0.472 e. The van der Waals surface area contributed by atoms with Crippen LogP contribution in [0.5, 0.6) is 0 Å². The van der Waals surface area contributed by atoms with Gasteiger partial charge in [-0.05, 0) is 64.2 Å². The molecule has 2 atom stereocenters. The van der Waals surface area contributed by atoms with Crippen molar-refractivity contribution in [1.82, 2.24) is 0 Å². The summed E-state index contributed by atoms with van der Waals surface area (Å²) in [4.78, 5) is 34.3. The van der Waals surface area contributed by atoms with Gasteiger partial charge in [0.15, 0.2) is 6.10 Å². The van der Waals surface area contributed by atoms with E-state index in [-0.39, 0.29) is 19.4 Å². The monoisotopic (exact) mass is 720 g/mol. The Morgan fingerprint density at radius 2 is 1.08 bits per heavy atom. The van der Waals surface area contributed by atoms with Crippen LogP contribution in [0, 0.1) is 0 Å². The molecule has 0 aliphatic heterocycles. The molecule has 0 aliphatic rings. The number of allylic oxidation sites excluding steroid dienone is 11. The fourth-order valence-corrected chi connectivity index (χ4v) is 5.25. The van der Waals surface area contributed by atoms with E-state index >= 15 is 0 Å². The van der Waals surface area contributed by atoms with Gasteiger partial charge in [-0.2, -0.15) is 0 Å². The van der Waals surface area contributed by atoms with E-state index < -0.39 is 32.5 Å². The lowest BCUT2D eigenvalue weighted by molar-refractivity contribution is -0.160. The van der Waals surface area contributed by atoms with Crippen molar-refractivity contribution in [3.05, 3.63) is 72.9 Å². The summed E-state index contributed by atoms with van der Waals surface area (Å²) < 4.78 is 31.7. The zero-order valence-electron chi connectivity index (χ0n) is 31.5. The molecule has 9 heteroatoms. The van der Waals surface area contributed by atoms with Crippen molar-refractivity contribution in [3.8, 4) is 0 Å². The molecule has 50 heavy (non-hydrogen) atoms. The number of hydrogen-bond donors (Lipinski definition) is 1. The van der Waals surface area contributed by atoms with Crippen LogP contribution in [-0.2, 0) is 32.7 Å². The second-order valence-corrected chi connectivity index (χ2v) is 13.9. The van der Waals surface area contributed by atoms with Gasteiger partial charge in [0, 0.05) is 13.5 Å². The highest BCUT2D eigenvalue weighted by atomic mass is 31.2. The van der Waals surface area contributed by atoms with Crippen molar-refractivity contribution in [2.45, 2.75) is 155 Å². The number of esters is 2. The fourth-order valence-electron chi connectivity index (χ4n) is 4.79. The molecule has 2 unspecified atom stereocenters. The summed E-state index contributed by atoms with van der Waals surface area (Å²) in [5.74, 6) is -0.968. The van der Waals surface area contributed by atoms with Gasteiger partial charge >= 0.3 is 19.8 Å². The molecule has 0 aromatic rings. The molecule has 0 radical (unpaired) electrons. The van der Waals surface area contributed by atoms with Gasteiger partial charge in [0.05, 0.1) is 13.0 Å². The predicted octanol–water partition coefficient (Wildman–Crippen LogP) is 11.8. The van der Waals surface area contributed by atoms with Crippen molar-refractivity contribution >= 4 is 19.8 Å². The number of phosphoric ester groups is 1. The summed E-state index contributed by atoms with van der Waals surface area (Å²) in [6.45, 7) is 3.66. The zero-order valence-corrected chi connectivity index (χ0v) is 32.4. The lowest BCUT2D eigenvalue weighted by atomic mass is 10.1. The Morgan fingerprint density at radius 1 is 0.600 bits per heavy atom. The van der Waals surface area contributed by atoms with Gasteiger partial charge in [-0.15, -0.1) is 0 Å². The van der Waals surface area contributed by atoms with E-state index in [9.17, 15) is 19.0 Å². The number of hydrogen-bond acceptors (Lipinski definition) is 7. The van der Waals surface area contributed by atoms with Crippen molar-refractivity contribution in [3.63, 3.8) is 0 Å². The van der Waals surface area contributed by atoms with Gasteiger partial charge in [0.2, 0.25) is 0 Å². The number of ether oxygens (including phenoxy) is 2. The van der Waals surface area contributed by atoms with Gasteiger partial charge < -0.3 is 14.4 Å². The number of carbonyl (C=O) groups excluding carboxylic acids is 2. The molecule has 286 valence electrons. The Hall–Kier alpha value is -2.51. The summed E-state index contributed by atoms with van der Waals surface area (Å²) in [5.41, 5.74) is 0. The summed E-state index contributed by atoms with van der Waals surface area (Å²) >= 11 is 0. The van der Waals surface area contributed by atoms with Crippen LogP contribution < -0.4 is 0 Å². The minimum absolute atomic E-state index is 0.00795. The summed E-state index contributed by atoms with van der Waals surface area (Å²) in [5, 5.41) is 0. The van der Waals surface area contributed by atoms with Gasteiger partial charge in [-0.3, -0.25) is 18.6 Å². The molecule has 0 rings (SSSR count). The van der Waals surface area contributed by atoms with Crippen LogP contribution in [-0.4, -0.2) is 43.3 Å². The Morgan fingerprint density at radius 3 is 1.60 bits per heavy atom. The van der Waals surface area contributed by atoms with Crippen LogP contribution in [0.25, 0.3) is 0 Å². The molecule has 0 spiro atoms. The largest absolute Gasteiger partial charge is 0.472 e. The van der Waals surface area contributed by atoms with Crippen LogP contribution in [0.4, 0.5) is 0 Å². The number of carbonyl (C=O) groups is 2. The summed E-state index contributed by atoms with van der Waals surface area (Å²) in [7, 11) is -3.25. The third-order valence-corrected chi connectivity index (χ3v) is 8.65. The quantitative estimate of drug-likeness (QED) is 0.0303.